The number of anilines is 1. The standard InChI is InChI=1S/C24H25ClN4O2/c1-16-3-11-21(12-4-16)29-14-22(19-7-9-20(25)10-8-19)26-24(29)27-23(31)15-28(17(2)30)13-18-5-6-18/h3-4,7-12,14,18H,5-6,13,15H2,1-2H3,(H,26,27,31). The fourth-order valence-corrected chi connectivity index (χ4v) is 3.51. The molecule has 0 radical (unpaired) electrons. The van der Waals surface area contributed by atoms with Gasteiger partial charge >= 0.3 is 0 Å². The monoisotopic (exact) mass is 436 g/mol. The van der Waals surface area contributed by atoms with Crippen molar-refractivity contribution in [1.82, 2.24) is 14.5 Å². The molecule has 0 bridgehead atoms. The summed E-state index contributed by atoms with van der Waals surface area (Å²) in [5, 5.41) is 3.55. The Balaban J connectivity index is 1.61. The van der Waals surface area contributed by atoms with Crippen molar-refractivity contribution >= 4 is 29.4 Å². The Morgan fingerprint density at radius 1 is 1.13 bits per heavy atom. The van der Waals surface area contributed by atoms with Crippen LogP contribution in [0.5, 0.6) is 0 Å². The van der Waals surface area contributed by atoms with Gasteiger partial charge in [0.05, 0.1) is 12.2 Å². The van der Waals surface area contributed by atoms with Gasteiger partial charge in [0.15, 0.2) is 0 Å². The van der Waals surface area contributed by atoms with E-state index in [0.29, 0.717) is 29.1 Å². The minimum absolute atomic E-state index is 0.0167. The van der Waals surface area contributed by atoms with Gasteiger partial charge in [0.2, 0.25) is 17.8 Å². The molecule has 0 saturated heterocycles. The lowest BCUT2D eigenvalue weighted by Crippen LogP contribution is -2.38. The second kappa shape index (κ2) is 8.94. The molecule has 0 atom stereocenters. The van der Waals surface area contributed by atoms with Crippen molar-refractivity contribution in [3.8, 4) is 16.9 Å². The Morgan fingerprint density at radius 3 is 2.42 bits per heavy atom. The smallest absolute Gasteiger partial charge is 0.246 e. The number of amides is 2. The van der Waals surface area contributed by atoms with E-state index in [1.807, 2.05) is 66.2 Å². The molecule has 160 valence electrons. The molecule has 1 fully saturated rings. The topological polar surface area (TPSA) is 67.2 Å². The lowest BCUT2D eigenvalue weighted by Gasteiger charge is -2.20. The van der Waals surface area contributed by atoms with Gasteiger partial charge in [-0.1, -0.05) is 41.4 Å². The number of rotatable bonds is 7. The number of halogens is 1. The van der Waals surface area contributed by atoms with Gasteiger partial charge in [0.25, 0.3) is 0 Å². The van der Waals surface area contributed by atoms with Crippen LogP contribution in [-0.4, -0.2) is 39.4 Å². The number of carbonyl (C=O) groups is 2. The van der Waals surface area contributed by atoms with Crippen LogP contribution in [0.25, 0.3) is 16.9 Å². The van der Waals surface area contributed by atoms with Gasteiger partial charge in [-0.25, -0.2) is 4.98 Å². The lowest BCUT2D eigenvalue weighted by molar-refractivity contribution is -0.133. The maximum absolute atomic E-state index is 12.8. The summed E-state index contributed by atoms with van der Waals surface area (Å²) < 4.78 is 1.85. The second-order valence-electron chi connectivity index (χ2n) is 8.05. The van der Waals surface area contributed by atoms with Crippen LogP contribution in [0.4, 0.5) is 5.95 Å². The van der Waals surface area contributed by atoms with Crippen molar-refractivity contribution in [2.75, 3.05) is 18.4 Å². The molecule has 0 unspecified atom stereocenters. The zero-order chi connectivity index (χ0) is 22.0. The number of hydrogen-bond donors (Lipinski definition) is 1. The summed E-state index contributed by atoms with van der Waals surface area (Å²) in [7, 11) is 0. The predicted octanol–water partition coefficient (Wildman–Crippen LogP) is 4.70. The highest BCUT2D eigenvalue weighted by Gasteiger charge is 2.27. The summed E-state index contributed by atoms with van der Waals surface area (Å²) in [6, 6.07) is 15.4. The van der Waals surface area contributed by atoms with Crippen LogP contribution >= 0.6 is 11.6 Å². The molecule has 1 heterocycles. The summed E-state index contributed by atoms with van der Waals surface area (Å²) in [5.74, 6) is 0.569. The van der Waals surface area contributed by atoms with E-state index in [2.05, 4.69) is 10.3 Å². The van der Waals surface area contributed by atoms with Crippen molar-refractivity contribution in [2.45, 2.75) is 26.7 Å². The summed E-state index contributed by atoms with van der Waals surface area (Å²) in [5.41, 5.74) is 3.64. The number of aromatic nitrogens is 2. The zero-order valence-electron chi connectivity index (χ0n) is 17.6. The molecule has 0 spiro atoms. The fraction of sp³-hybridized carbons (Fsp3) is 0.292. The zero-order valence-corrected chi connectivity index (χ0v) is 18.4. The minimum Gasteiger partial charge on any atom is -0.333 e. The van der Waals surface area contributed by atoms with Gasteiger partial charge < -0.3 is 4.90 Å². The van der Waals surface area contributed by atoms with E-state index in [0.717, 1.165) is 29.7 Å². The van der Waals surface area contributed by atoms with Crippen LogP contribution < -0.4 is 5.32 Å². The molecule has 1 aromatic heterocycles. The van der Waals surface area contributed by atoms with Gasteiger partial charge in [-0.2, -0.15) is 0 Å². The van der Waals surface area contributed by atoms with E-state index in [9.17, 15) is 9.59 Å². The van der Waals surface area contributed by atoms with Crippen LogP contribution in [0.3, 0.4) is 0 Å². The number of nitrogens with one attached hydrogen (secondary N) is 1. The molecule has 2 amide bonds. The third-order valence-corrected chi connectivity index (χ3v) is 5.62. The summed E-state index contributed by atoms with van der Waals surface area (Å²) in [6.45, 7) is 4.17. The highest BCUT2D eigenvalue weighted by molar-refractivity contribution is 6.30. The highest BCUT2D eigenvalue weighted by Crippen LogP contribution is 2.30. The van der Waals surface area contributed by atoms with Gasteiger partial charge in [-0.3, -0.25) is 19.5 Å². The van der Waals surface area contributed by atoms with Crippen molar-refractivity contribution < 1.29 is 9.59 Å². The van der Waals surface area contributed by atoms with Crippen LogP contribution in [0.15, 0.2) is 54.7 Å². The summed E-state index contributed by atoms with van der Waals surface area (Å²) in [4.78, 5) is 31.0. The molecule has 6 nitrogen and oxygen atoms in total. The highest BCUT2D eigenvalue weighted by atomic mass is 35.5. The number of hydrogen-bond acceptors (Lipinski definition) is 3. The number of nitrogens with zero attached hydrogens (tertiary/aromatic N) is 3. The molecular formula is C24H25ClN4O2. The Labute approximate surface area is 186 Å². The summed E-state index contributed by atoms with van der Waals surface area (Å²) >= 11 is 6.01. The Morgan fingerprint density at radius 2 is 1.81 bits per heavy atom. The van der Waals surface area contributed by atoms with E-state index in [1.54, 1.807) is 4.90 Å². The van der Waals surface area contributed by atoms with Gasteiger partial charge in [0.1, 0.15) is 0 Å². The Kier molecular flexibility index (Phi) is 6.09. The van der Waals surface area contributed by atoms with Gasteiger partial charge in [-0.05, 0) is 49.9 Å². The van der Waals surface area contributed by atoms with E-state index in [-0.39, 0.29) is 18.4 Å². The average molecular weight is 437 g/mol. The normalized spacial score (nSPS) is 13.1. The number of imidazole rings is 1. The molecule has 4 rings (SSSR count). The number of benzene rings is 2. The van der Waals surface area contributed by atoms with Crippen LogP contribution in [0.1, 0.15) is 25.3 Å². The average Bonchev–Trinajstić information content (AvgIpc) is 3.46. The molecule has 1 saturated carbocycles. The lowest BCUT2D eigenvalue weighted by atomic mass is 10.2. The number of carbonyl (C=O) groups excluding carboxylic acids is 2. The molecule has 1 aliphatic carbocycles. The SMILES string of the molecule is CC(=O)N(CC(=O)Nc1nc(-c2ccc(Cl)cc2)cn1-c1ccc(C)cc1)CC1CC1. The van der Waals surface area contributed by atoms with E-state index in [4.69, 9.17) is 11.6 Å². The molecule has 1 aliphatic rings. The first kappa shape index (κ1) is 21.1. The Bertz CT molecular complexity index is 1090. The maximum Gasteiger partial charge on any atom is 0.246 e. The van der Waals surface area contributed by atoms with Gasteiger partial charge in [-0.15, -0.1) is 0 Å². The number of aryl methyl sites for hydroxylation is 1. The first-order valence-electron chi connectivity index (χ1n) is 10.4. The quantitative estimate of drug-likeness (QED) is 0.583. The fourth-order valence-electron chi connectivity index (χ4n) is 3.38. The van der Waals surface area contributed by atoms with Crippen LogP contribution in [0, 0.1) is 12.8 Å². The van der Waals surface area contributed by atoms with Crippen LogP contribution in [0.2, 0.25) is 5.02 Å². The molecule has 2 aromatic carbocycles. The van der Waals surface area contributed by atoms with Crippen molar-refractivity contribution in [3.63, 3.8) is 0 Å². The molecule has 0 aliphatic heterocycles. The van der Waals surface area contributed by atoms with Crippen molar-refractivity contribution in [1.29, 1.82) is 0 Å². The third kappa shape index (κ3) is 5.33. The Hall–Kier alpha value is -3.12. The molecule has 7 heteroatoms. The first-order valence-corrected chi connectivity index (χ1v) is 10.7. The maximum atomic E-state index is 12.8. The minimum atomic E-state index is -0.266. The molecule has 3 aromatic rings. The van der Waals surface area contributed by atoms with E-state index < -0.39 is 0 Å². The molecule has 31 heavy (non-hydrogen) atoms. The second-order valence-corrected chi connectivity index (χ2v) is 8.49. The third-order valence-electron chi connectivity index (χ3n) is 5.36. The first-order chi connectivity index (χ1) is 14.9. The summed E-state index contributed by atoms with van der Waals surface area (Å²) in [6.07, 6.45) is 4.12. The predicted molar refractivity (Wildman–Crippen MR) is 122 cm³/mol. The van der Waals surface area contributed by atoms with Gasteiger partial charge in [0, 0.05) is 35.9 Å². The van der Waals surface area contributed by atoms with E-state index in [1.165, 1.54) is 6.92 Å². The van der Waals surface area contributed by atoms with E-state index >= 15 is 0 Å². The van der Waals surface area contributed by atoms with Crippen LogP contribution in [-0.2, 0) is 9.59 Å². The molecule has 1 N–H and O–H groups in total. The largest absolute Gasteiger partial charge is 0.333 e. The molecular weight excluding hydrogens is 412 g/mol. The van der Waals surface area contributed by atoms with Crippen molar-refractivity contribution in [3.05, 3.63) is 65.3 Å². The van der Waals surface area contributed by atoms with Crippen molar-refractivity contribution in [2.24, 2.45) is 5.92 Å².